The summed E-state index contributed by atoms with van der Waals surface area (Å²) in [7, 11) is 0. The standard InChI is InChI=1S/C16H33IN4O3/c17-9-7-12-19-11-5-6-13-20-15(23)16(24)21-14(22)8-3-1-2-4-10-18/h16,19,24H,1-13,18H2,(H,20,23)(H,21,22). The molecule has 0 aromatic carbocycles. The topological polar surface area (TPSA) is 116 Å². The minimum absolute atomic E-state index is 0.301. The van der Waals surface area contributed by atoms with Crippen LogP contribution in [0.1, 0.15) is 51.4 Å². The third-order valence-corrected chi connectivity index (χ3v) is 4.23. The molecule has 0 rings (SSSR count). The van der Waals surface area contributed by atoms with Gasteiger partial charge in [-0.25, -0.2) is 0 Å². The van der Waals surface area contributed by atoms with Crippen LogP contribution in [-0.4, -0.2) is 53.8 Å². The number of halogens is 1. The van der Waals surface area contributed by atoms with Crippen molar-refractivity contribution in [3.8, 4) is 0 Å². The van der Waals surface area contributed by atoms with Gasteiger partial charge in [0.2, 0.25) is 12.1 Å². The molecule has 2 amide bonds. The number of amides is 2. The summed E-state index contributed by atoms with van der Waals surface area (Å²) in [4.78, 5) is 23.3. The molecule has 0 saturated heterocycles. The van der Waals surface area contributed by atoms with Gasteiger partial charge >= 0.3 is 0 Å². The summed E-state index contributed by atoms with van der Waals surface area (Å²) in [5, 5.41) is 17.9. The first kappa shape index (κ1) is 23.5. The van der Waals surface area contributed by atoms with Gasteiger partial charge in [0.25, 0.3) is 5.91 Å². The Morgan fingerprint density at radius 2 is 1.62 bits per heavy atom. The Labute approximate surface area is 159 Å². The van der Waals surface area contributed by atoms with E-state index in [1.807, 2.05) is 0 Å². The number of hydrogen-bond donors (Lipinski definition) is 5. The van der Waals surface area contributed by atoms with Crippen LogP contribution < -0.4 is 21.7 Å². The SMILES string of the molecule is NCCCCCCC(=O)NC(O)C(=O)NCCCCNCCCI. The van der Waals surface area contributed by atoms with Gasteiger partial charge in [-0.1, -0.05) is 35.4 Å². The second-order valence-electron chi connectivity index (χ2n) is 5.71. The number of nitrogens with one attached hydrogen (secondary N) is 3. The first-order chi connectivity index (χ1) is 11.6. The van der Waals surface area contributed by atoms with E-state index >= 15 is 0 Å². The highest BCUT2D eigenvalue weighted by Crippen LogP contribution is 2.02. The fourth-order valence-corrected chi connectivity index (χ4v) is 2.46. The third kappa shape index (κ3) is 15.1. The minimum Gasteiger partial charge on any atom is -0.365 e. The number of hydrogen-bond acceptors (Lipinski definition) is 5. The van der Waals surface area contributed by atoms with E-state index in [1.165, 1.54) is 0 Å². The van der Waals surface area contributed by atoms with Crippen LogP contribution in [0.3, 0.4) is 0 Å². The number of carbonyl (C=O) groups excluding carboxylic acids is 2. The van der Waals surface area contributed by atoms with Crippen molar-refractivity contribution in [1.82, 2.24) is 16.0 Å². The summed E-state index contributed by atoms with van der Waals surface area (Å²) >= 11 is 2.35. The first-order valence-electron chi connectivity index (χ1n) is 8.83. The maximum absolute atomic E-state index is 11.7. The van der Waals surface area contributed by atoms with Crippen molar-refractivity contribution in [2.75, 3.05) is 30.6 Å². The van der Waals surface area contributed by atoms with Crippen LogP contribution >= 0.6 is 22.6 Å². The Bertz CT molecular complexity index is 332. The number of alkyl halides is 1. The Kier molecular flexibility index (Phi) is 17.0. The lowest BCUT2D eigenvalue weighted by Gasteiger charge is -2.13. The molecule has 0 bridgehead atoms. The first-order valence-corrected chi connectivity index (χ1v) is 10.4. The molecule has 0 aliphatic heterocycles. The van der Waals surface area contributed by atoms with Crippen molar-refractivity contribution in [2.24, 2.45) is 5.73 Å². The van der Waals surface area contributed by atoms with Gasteiger partial charge in [-0.15, -0.1) is 0 Å². The van der Waals surface area contributed by atoms with E-state index in [0.29, 0.717) is 19.5 Å². The summed E-state index contributed by atoms with van der Waals surface area (Å²) in [6.45, 7) is 3.11. The molecule has 0 aromatic heterocycles. The molecule has 0 saturated carbocycles. The monoisotopic (exact) mass is 456 g/mol. The van der Waals surface area contributed by atoms with Gasteiger partial charge in [0.05, 0.1) is 0 Å². The Balaban J connectivity index is 3.56. The highest BCUT2D eigenvalue weighted by atomic mass is 127. The fourth-order valence-electron chi connectivity index (χ4n) is 2.07. The molecular formula is C16H33IN4O3. The molecule has 0 radical (unpaired) electrons. The number of unbranched alkanes of at least 4 members (excludes halogenated alkanes) is 4. The molecule has 0 spiro atoms. The predicted molar refractivity (Wildman–Crippen MR) is 105 cm³/mol. The van der Waals surface area contributed by atoms with Crippen LogP contribution in [0.15, 0.2) is 0 Å². The van der Waals surface area contributed by atoms with Crippen molar-refractivity contribution >= 4 is 34.4 Å². The van der Waals surface area contributed by atoms with Crippen LogP contribution in [0.5, 0.6) is 0 Å². The number of nitrogens with two attached hydrogens (primary N) is 1. The van der Waals surface area contributed by atoms with E-state index in [1.54, 1.807) is 0 Å². The molecule has 1 unspecified atom stereocenters. The zero-order chi connectivity index (χ0) is 18.0. The maximum Gasteiger partial charge on any atom is 0.269 e. The molecule has 0 fully saturated rings. The third-order valence-electron chi connectivity index (χ3n) is 3.47. The van der Waals surface area contributed by atoms with Crippen molar-refractivity contribution in [1.29, 1.82) is 0 Å². The average molecular weight is 456 g/mol. The number of aliphatic hydroxyl groups is 1. The predicted octanol–water partition coefficient (Wildman–Crippen LogP) is 0.641. The van der Waals surface area contributed by atoms with Crippen molar-refractivity contribution in [3.05, 3.63) is 0 Å². The van der Waals surface area contributed by atoms with Gasteiger partial charge in [0.15, 0.2) is 0 Å². The number of rotatable bonds is 16. The molecule has 24 heavy (non-hydrogen) atoms. The second-order valence-corrected chi connectivity index (χ2v) is 6.79. The van der Waals surface area contributed by atoms with Gasteiger partial charge in [0, 0.05) is 17.4 Å². The lowest BCUT2D eigenvalue weighted by Crippen LogP contribution is -2.46. The van der Waals surface area contributed by atoms with Crippen LogP contribution in [0, 0.1) is 0 Å². The Hall–Kier alpha value is -0.450. The fraction of sp³-hybridized carbons (Fsp3) is 0.875. The second kappa shape index (κ2) is 17.4. The summed E-state index contributed by atoms with van der Waals surface area (Å²) < 4.78 is 1.15. The molecule has 0 heterocycles. The minimum atomic E-state index is -1.47. The number of aliphatic hydroxyl groups excluding tert-OH is 1. The zero-order valence-corrected chi connectivity index (χ0v) is 16.6. The van der Waals surface area contributed by atoms with Crippen LogP contribution in [-0.2, 0) is 9.59 Å². The van der Waals surface area contributed by atoms with E-state index in [0.717, 1.165) is 62.5 Å². The highest BCUT2D eigenvalue weighted by Gasteiger charge is 2.16. The van der Waals surface area contributed by atoms with Crippen LogP contribution in [0.25, 0.3) is 0 Å². The summed E-state index contributed by atoms with van der Waals surface area (Å²) in [6.07, 6.45) is 5.44. The normalized spacial score (nSPS) is 12.0. The quantitative estimate of drug-likeness (QED) is 0.101. The molecule has 6 N–H and O–H groups in total. The van der Waals surface area contributed by atoms with E-state index < -0.39 is 12.1 Å². The van der Waals surface area contributed by atoms with E-state index in [-0.39, 0.29) is 5.91 Å². The van der Waals surface area contributed by atoms with Crippen molar-refractivity contribution in [2.45, 2.75) is 57.6 Å². The molecule has 8 heteroatoms. The maximum atomic E-state index is 11.7. The van der Waals surface area contributed by atoms with Crippen LogP contribution in [0.2, 0.25) is 0 Å². The molecule has 1 atom stereocenters. The van der Waals surface area contributed by atoms with Crippen LogP contribution in [0.4, 0.5) is 0 Å². The lowest BCUT2D eigenvalue weighted by molar-refractivity contribution is -0.136. The largest absolute Gasteiger partial charge is 0.365 e. The molecule has 142 valence electrons. The summed E-state index contributed by atoms with van der Waals surface area (Å²) in [6, 6.07) is 0. The van der Waals surface area contributed by atoms with E-state index in [4.69, 9.17) is 5.73 Å². The van der Waals surface area contributed by atoms with Gasteiger partial charge in [0.1, 0.15) is 0 Å². The van der Waals surface area contributed by atoms with Gasteiger partial charge < -0.3 is 26.8 Å². The number of carbonyl (C=O) groups is 2. The lowest BCUT2D eigenvalue weighted by atomic mass is 10.1. The smallest absolute Gasteiger partial charge is 0.269 e. The summed E-state index contributed by atoms with van der Waals surface area (Å²) in [5.41, 5.74) is 5.40. The van der Waals surface area contributed by atoms with Gasteiger partial charge in [-0.2, -0.15) is 0 Å². The molecule has 0 aliphatic carbocycles. The summed E-state index contributed by atoms with van der Waals surface area (Å²) in [5.74, 6) is -0.853. The molecule has 0 aliphatic rings. The van der Waals surface area contributed by atoms with Crippen molar-refractivity contribution in [3.63, 3.8) is 0 Å². The van der Waals surface area contributed by atoms with Gasteiger partial charge in [-0.3, -0.25) is 9.59 Å². The molecule has 0 aromatic rings. The van der Waals surface area contributed by atoms with Gasteiger partial charge in [-0.05, 0) is 51.7 Å². The molecular weight excluding hydrogens is 423 g/mol. The zero-order valence-electron chi connectivity index (χ0n) is 14.5. The van der Waals surface area contributed by atoms with Crippen molar-refractivity contribution < 1.29 is 14.7 Å². The molecule has 7 nitrogen and oxygen atoms in total. The van der Waals surface area contributed by atoms with E-state index in [9.17, 15) is 14.7 Å². The Morgan fingerprint density at radius 3 is 2.33 bits per heavy atom. The highest BCUT2D eigenvalue weighted by molar-refractivity contribution is 14.1. The van der Waals surface area contributed by atoms with E-state index in [2.05, 4.69) is 38.5 Å². The average Bonchev–Trinajstić information content (AvgIpc) is 2.56. The Morgan fingerprint density at radius 1 is 0.958 bits per heavy atom.